The molecule has 0 fully saturated rings. The molecule has 0 saturated carbocycles. The van der Waals surface area contributed by atoms with Crippen LogP contribution in [0.15, 0.2) is 12.4 Å². The summed E-state index contributed by atoms with van der Waals surface area (Å²) in [6.45, 7) is 1.17. The van der Waals surface area contributed by atoms with Crippen molar-refractivity contribution >= 4 is 0 Å². The average Bonchev–Trinajstić information content (AvgIpc) is 2.78. The van der Waals surface area contributed by atoms with Crippen molar-refractivity contribution in [3.05, 3.63) is 24.0 Å². The summed E-state index contributed by atoms with van der Waals surface area (Å²) >= 11 is 0. The quantitative estimate of drug-likeness (QED) is 0.691. The molecule has 7 heteroatoms. The zero-order valence-corrected chi connectivity index (χ0v) is 8.54. The average molecular weight is 207 g/mol. The number of aromatic nitrogens is 6. The monoisotopic (exact) mass is 207 g/mol. The molecular weight excluding hydrogens is 194 g/mol. The lowest BCUT2D eigenvalue weighted by Gasteiger charge is -2.02. The highest BCUT2D eigenvalue weighted by Gasteiger charge is 2.05. The Hall–Kier alpha value is -1.76. The van der Waals surface area contributed by atoms with Gasteiger partial charge < -0.3 is 10.3 Å². The molecule has 0 aliphatic rings. The lowest BCUT2D eigenvalue weighted by Crippen LogP contribution is -2.11. The van der Waals surface area contributed by atoms with Gasteiger partial charge in [-0.05, 0) is 11.8 Å². The first kappa shape index (κ1) is 9.78. The fourth-order valence-electron chi connectivity index (χ4n) is 1.38. The third kappa shape index (κ3) is 2.18. The summed E-state index contributed by atoms with van der Waals surface area (Å²) in [6, 6.07) is 0. The van der Waals surface area contributed by atoms with E-state index in [-0.39, 0.29) is 0 Å². The van der Waals surface area contributed by atoms with Gasteiger partial charge in [0.05, 0.1) is 13.6 Å². The van der Waals surface area contributed by atoms with Gasteiger partial charge in [-0.25, -0.2) is 4.98 Å². The van der Waals surface area contributed by atoms with E-state index in [1.165, 1.54) is 4.80 Å². The van der Waals surface area contributed by atoms with Crippen LogP contribution >= 0.6 is 0 Å². The third-order valence-electron chi connectivity index (χ3n) is 2.03. The van der Waals surface area contributed by atoms with Crippen LogP contribution in [0.1, 0.15) is 11.6 Å². The molecule has 7 nitrogen and oxygen atoms in total. The summed E-state index contributed by atoms with van der Waals surface area (Å²) < 4.78 is 1.98. The molecule has 0 spiro atoms. The first-order valence-corrected chi connectivity index (χ1v) is 4.72. The first-order valence-electron chi connectivity index (χ1n) is 4.72. The molecule has 2 aromatic rings. The molecule has 2 aromatic heterocycles. The summed E-state index contributed by atoms with van der Waals surface area (Å²) in [5.74, 6) is 1.62. The smallest absolute Gasteiger partial charge is 0.194 e. The maximum atomic E-state index is 5.49. The van der Waals surface area contributed by atoms with Crippen molar-refractivity contribution in [3.63, 3.8) is 0 Å². The summed E-state index contributed by atoms with van der Waals surface area (Å²) in [4.78, 5) is 5.65. The van der Waals surface area contributed by atoms with Gasteiger partial charge in [0.1, 0.15) is 5.82 Å². The predicted octanol–water partition coefficient (Wildman–Crippen LogP) is -1.04. The largest absolute Gasteiger partial charge is 0.330 e. The fourth-order valence-corrected chi connectivity index (χ4v) is 1.38. The lowest BCUT2D eigenvalue weighted by molar-refractivity contribution is 0.622. The van der Waals surface area contributed by atoms with E-state index in [1.54, 1.807) is 13.2 Å². The van der Waals surface area contributed by atoms with Crippen molar-refractivity contribution in [2.75, 3.05) is 6.54 Å². The van der Waals surface area contributed by atoms with Gasteiger partial charge in [-0.2, -0.15) is 4.80 Å². The summed E-state index contributed by atoms with van der Waals surface area (Å²) in [5.41, 5.74) is 5.49. The second-order valence-electron chi connectivity index (χ2n) is 3.21. The topological polar surface area (TPSA) is 87.4 Å². The molecule has 2 rings (SSSR count). The molecule has 0 saturated heterocycles. The lowest BCUT2D eigenvalue weighted by atomic mass is 10.4. The molecule has 80 valence electrons. The zero-order valence-electron chi connectivity index (χ0n) is 8.54. The SMILES string of the molecule is Cn1nnc(Cn2ccnc2CCN)n1. The second-order valence-corrected chi connectivity index (χ2v) is 3.21. The van der Waals surface area contributed by atoms with Crippen LogP contribution in [-0.2, 0) is 20.0 Å². The number of tetrazole rings is 1. The number of nitrogens with zero attached hydrogens (tertiary/aromatic N) is 6. The third-order valence-corrected chi connectivity index (χ3v) is 2.03. The molecule has 0 bridgehead atoms. The minimum absolute atomic E-state index is 0.586. The van der Waals surface area contributed by atoms with Crippen LogP contribution in [0.5, 0.6) is 0 Å². The van der Waals surface area contributed by atoms with E-state index in [0.717, 1.165) is 12.2 Å². The Bertz CT molecular complexity index is 430. The molecule has 15 heavy (non-hydrogen) atoms. The number of nitrogens with two attached hydrogens (primary N) is 1. The molecule has 0 amide bonds. The van der Waals surface area contributed by atoms with Crippen molar-refractivity contribution in [3.8, 4) is 0 Å². The van der Waals surface area contributed by atoms with Crippen LogP contribution in [0.3, 0.4) is 0 Å². The standard InChI is InChI=1S/C8H13N7/c1-14-12-7(11-13-14)6-15-5-4-10-8(15)2-3-9/h4-5H,2-3,6,9H2,1H3. The van der Waals surface area contributed by atoms with E-state index < -0.39 is 0 Å². The number of hydrogen-bond acceptors (Lipinski definition) is 5. The van der Waals surface area contributed by atoms with Gasteiger partial charge in [0.2, 0.25) is 0 Å². The Morgan fingerprint density at radius 3 is 3.00 bits per heavy atom. The van der Waals surface area contributed by atoms with Crippen LogP contribution < -0.4 is 5.73 Å². The highest BCUT2D eigenvalue weighted by atomic mass is 15.6. The van der Waals surface area contributed by atoms with Crippen LogP contribution in [0.4, 0.5) is 0 Å². The van der Waals surface area contributed by atoms with Crippen molar-refractivity contribution < 1.29 is 0 Å². The van der Waals surface area contributed by atoms with Gasteiger partial charge in [-0.1, -0.05) is 0 Å². The molecule has 0 aliphatic heterocycles. The highest BCUT2D eigenvalue weighted by molar-refractivity contribution is 4.96. The van der Waals surface area contributed by atoms with Crippen molar-refractivity contribution in [1.29, 1.82) is 0 Å². The first-order chi connectivity index (χ1) is 7.29. The Morgan fingerprint density at radius 2 is 2.33 bits per heavy atom. The second kappa shape index (κ2) is 4.18. The van der Waals surface area contributed by atoms with Gasteiger partial charge in [-0.3, -0.25) is 0 Å². The van der Waals surface area contributed by atoms with E-state index in [0.29, 0.717) is 18.9 Å². The molecule has 0 aliphatic carbocycles. The molecular formula is C8H13N7. The van der Waals surface area contributed by atoms with Gasteiger partial charge in [0.25, 0.3) is 0 Å². The van der Waals surface area contributed by atoms with Crippen LogP contribution in [0.2, 0.25) is 0 Å². The number of aryl methyl sites for hydroxylation is 1. The number of hydrogen-bond donors (Lipinski definition) is 1. The zero-order chi connectivity index (χ0) is 10.7. The van der Waals surface area contributed by atoms with Crippen LogP contribution in [0.25, 0.3) is 0 Å². The number of rotatable bonds is 4. The van der Waals surface area contributed by atoms with Crippen molar-refractivity contribution in [2.45, 2.75) is 13.0 Å². The highest BCUT2D eigenvalue weighted by Crippen LogP contribution is 2.00. The Morgan fingerprint density at radius 1 is 1.47 bits per heavy atom. The summed E-state index contributed by atoms with van der Waals surface area (Å²) in [5, 5.41) is 11.8. The Kier molecular flexibility index (Phi) is 2.72. The maximum absolute atomic E-state index is 5.49. The van der Waals surface area contributed by atoms with Crippen LogP contribution in [-0.4, -0.2) is 36.3 Å². The molecule has 0 unspecified atom stereocenters. The van der Waals surface area contributed by atoms with E-state index in [9.17, 15) is 0 Å². The van der Waals surface area contributed by atoms with Gasteiger partial charge >= 0.3 is 0 Å². The van der Waals surface area contributed by atoms with Gasteiger partial charge in [0.15, 0.2) is 5.82 Å². The molecule has 0 aromatic carbocycles. The summed E-state index contributed by atoms with van der Waals surface area (Å²) in [7, 11) is 1.74. The van der Waals surface area contributed by atoms with E-state index in [4.69, 9.17) is 5.73 Å². The normalized spacial score (nSPS) is 10.8. The Balaban J connectivity index is 2.13. The van der Waals surface area contributed by atoms with Gasteiger partial charge in [-0.15, -0.1) is 10.2 Å². The molecule has 0 radical (unpaired) electrons. The Labute approximate surface area is 86.9 Å². The molecule has 0 atom stereocenters. The van der Waals surface area contributed by atoms with Crippen LogP contribution in [0, 0.1) is 0 Å². The fraction of sp³-hybridized carbons (Fsp3) is 0.500. The van der Waals surface area contributed by atoms with E-state index >= 15 is 0 Å². The summed E-state index contributed by atoms with van der Waals surface area (Å²) in [6.07, 6.45) is 4.40. The van der Waals surface area contributed by atoms with Crippen molar-refractivity contribution in [1.82, 2.24) is 29.8 Å². The predicted molar refractivity (Wildman–Crippen MR) is 52.9 cm³/mol. The van der Waals surface area contributed by atoms with E-state index in [1.807, 2.05) is 10.8 Å². The van der Waals surface area contributed by atoms with E-state index in [2.05, 4.69) is 20.4 Å². The van der Waals surface area contributed by atoms with Gasteiger partial charge in [0, 0.05) is 18.8 Å². The number of imidazole rings is 1. The molecule has 2 N–H and O–H groups in total. The maximum Gasteiger partial charge on any atom is 0.194 e. The van der Waals surface area contributed by atoms with Crippen molar-refractivity contribution in [2.24, 2.45) is 12.8 Å². The minimum atomic E-state index is 0.586. The minimum Gasteiger partial charge on any atom is -0.330 e. The molecule has 2 heterocycles.